The molecule has 3 rings (SSSR count). The molecule has 1 amide bonds. The number of carbonyl (C=O) groups excluding carboxylic acids is 1. The Hall–Kier alpha value is -1.96. The zero-order chi connectivity index (χ0) is 16.6. The molecule has 2 aromatic carbocycles. The van der Waals surface area contributed by atoms with Crippen LogP contribution in [0.3, 0.4) is 0 Å². The monoisotopic (exact) mass is 372 g/mol. The van der Waals surface area contributed by atoms with Crippen LogP contribution in [0.15, 0.2) is 41.3 Å². The van der Waals surface area contributed by atoms with E-state index in [1.165, 1.54) is 30.3 Å². The minimum atomic E-state index is -3.90. The molecule has 0 fully saturated rings. The van der Waals surface area contributed by atoms with Crippen LogP contribution in [0.4, 0.5) is 11.4 Å². The second kappa shape index (κ2) is 5.92. The fraction of sp³-hybridized carbons (Fsp3) is 0.0714. The summed E-state index contributed by atoms with van der Waals surface area (Å²) in [7, 11) is -3.90. The van der Waals surface area contributed by atoms with Crippen molar-refractivity contribution in [2.75, 3.05) is 16.6 Å². The van der Waals surface area contributed by atoms with E-state index < -0.39 is 10.0 Å². The van der Waals surface area contributed by atoms with Crippen LogP contribution < -0.4 is 14.8 Å². The summed E-state index contributed by atoms with van der Waals surface area (Å²) >= 11 is 11.8. The van der Waals surface area contributed by atoms with Crippen LogP contribution in [0.5, 0.6) is 5.75 Å². The second-order valence-corrected chi connectivity index (χ2v) is 7.25. The van der Waals surface area contributed by atoms with Gasteiger partial charge in [0.1, 0.15) is 5.75 Å². The van der Waals surface area contributed by atoms with Crippen molar-refractivity contribution in [2.45, 2.75) is 4.90 Å². The number of fused-ring (bicyclic) bond motifs is 1. The number of rotatable bonds is 3. The molecule has 1 aliphatic rings. The summed E-state index contributed by atoms with van der Waals surface area (Å²) in [6.07, 6.45) is 0. The lowest BCUT2D eigenvalue weighted by molar-refractivity contribution is -0.118. The number of hydrogen-bond donors (Lipinski definition) is 2. The predicted molar refractivity (Wildman–Crippen MR) is 87.8 cm³/mol. The zero-order valence-corrected chi connectivity index (χ0v) is 13.8. The molecule has 0 atom stereocenters. The quantitative estimate of drug-likeness (QED) is 0.866. The smallest absolute Gasteiger partial charge is 0.262 e. The highest BCUT2D eigenvalue weighted by atomic mass is 35.5. The highest BCUT2D eigenvalue weighted by Crippen LogP contribution is 2.32. The van der Waals surface area contributed by atoms with Gasteiger partial charge in [-0.1, -0.05) is 23.2 Å². The topological polar surface area (TPSA) is 84.5 Å². The summed E-state index contributed by atoms with van der Waals surface area (Å²) in [5, 5.41) is 3.11. The fourth-order valence-corrected chi connectivity index (χ4v) is 3.50. The molecule has 0 saturated carbocycles. The van der Waals surface area contributed by atoms with E-state index in [0.29, 0.717) is 16.5 Å². The molecule has 2 aromatic rings. The third-order valence-corrected chi connectivity index (χ3v) is 4.99. The molecule has 0 unspecified atom stereocenters. The van der Waals surface area contributed by atoms with E-state index in [2.05, 4.69) is 10.0 Å². The van der Waals surface area contributed by atoms with Crippen molar-refractivity contribution >= 4 is 50.5 Å². The van der Waals surface area contributed by atoms with Gasteiger partial charge in [-0.3, -0.25) is 9.52 Å². The van der Waals surface area contributed by atoms with Crippen molar-refractivity contribution in [3.63, 3.8) is 0 Å². The maximum absolute atomic E-state index is 12.5. The Bertz CT molecular complexity index is 900. The Morgan fingerprint density at radius 2 is 1.91 bits per heavy atom. The third kappa shape index (κ3) is 3.36. The van der Waals surface area contributed by atoms with Gasteiger partial charge in [0.05, 0.1) is 21.3 Å². The number of halogens is 2. The molecule has 1 heterocycles. The summed E-state index contributed by atoms with van der Waals surface area (Å²) in [5.41, 5.74) is 0.457. The molecule has 0 aromatic heterocycles. The van der Waals surface area contributed by atoms with Crippen molar-refractivity contribution in [1.82, 2.24) is 0 Å². The molecule has 0 spiro atoms. The van der Waals surface area contributed by atoms with E-state index in [1.54, 1.807) is 6.07 Å². The van der Waals surface area contributed by atoms with Crippen molar-refractivity contribution in [3.8, 4) is 5.75 Å². The van der Waals surface area contributed by atoms with Gasteiger partial charge in [-0.25, -0.2) is 8.42 Å². The van der Waals surface area contributed by atoms with Gasteiger partial charge in [-0.15, -0.1) is 0 Å². The third-order valence-electron chi connectivity index (χ3n) is 3.07. The largest absolute Gasteiger partial charge is 0.482 e. The van der Waals surface area contributed by atoms with E-state index in [1.807, 2.05) is 0 Å². The lowest BCUT2D eigenvalue weighted by Crippen LogP contribution is -2.25. The van der Waals surface area contributed by atoms with Crippen LogP contribution in [0, 0.1) is 0 Å². The molecule has 23 heavy (non-hydrogen) atoms. The molecular weight excluding hydrogens is 363 g/mol. The van der Waals surface area contributed by atoms with Crippen LogP contribution in [0.25, 0.3) is 0 Å². The molecule has 0 aliphatic carbocycles. The van der Waals surface area contributed by atoms with Crippen molar-refractivity contribution in [3.05, 3.63) is 46.4 Å². The lowest BCUT2D eigenvalue weighted by atomic mass is 10.2. The number of benzene rings is 2. The zero-order valence-electron chi connectivity index (χ0n) is 11.5. The first-order chi connectivity index (χ1) is 10.8. The molecule has 0 bridgehead atoms. The van der Waals surface area contributed by atoms with Gasteiger partial charge in [0, 0.05) is 5.02 Å². The normalized spacial score (nSPS) is 13.7. The second-order valence-electron chi connectivity index (χ2n) is 4.72. The van der Waals surface area contributed by atoms with E-state index in [0.717, 1.165) is 0 Å². The van der Waals surface area contributed by atoms with Gasteiger partial charge in [0.25, 0.3) is 15.9 Å². The number of sulfonamides is 1. The average Bonchev–Trinajstić information content (AvgIpc) is 2.50. The Kier molecular flexibility index (Phi) is 4.09. The van der Waals surface area contributed by atoms with Gasteiger partial charge in [-0.05, 0) is 36.4 Å². The summed E-state index contributed by atoms with van der Waals surface area (Å²) in [6.45, 7) is -0.102. The van der Waals surface area contributed by atoms with Crippen molar-refractivity contribution in [1.29, 1.82) is 0 Å². The van der Waals surface area contributed by atoms with E-state index in [-0.39, 0.29) is 28.1 Å². The summed E-state index contributed by atoms with van der Waals surface area (Å²) < 4.78 is 32.5. The lowest BCUT2D eigenvalue weighted by Gasteiger charge is -2.18. The maximum Gasteiger partial charge on any atom is 0.262 e. The molecule has 6 nitrogen and oxygen atoms in total. The standard InChI is InChI=1S/C14H10Cl2N2O4S/c15-8-1-3-10(16)11(5-8)18-23(20,21)9-2-4-13-12(6-9)17-14(19)7-22-13/h1-6,18H,7H2,(H,17,19). The minimum Gasteiger partial charge on any atom is -0.482 e. The first-order valence-electron chi connectivity index (χ1n) is 6.40. The maximum atomic E-state index is 12.5. The predicted octanol–water partition coefficient (Wildman–Crippen LogP) is 3.13. The van der Waals surface area contributed by atoms with E-state index >= 15 is 0 Å². The van der Waals surface area contributed by atoms with Gasteiger partial charge >= 0.3 is 0 Å². The Balaban J connectivity index is 1.95. The highest BCUT2D eigenvalue weighted by Gasteiger charge is 2.21. The fourth-order valence-electron chi connectivity index (χ4n) is 2.01. The van der Waals surface area contributed by atoms with Gasteiger partial charge in [-0.2, -0.15) is 0 Å². The number of hydrogen-bond acceptors (Lipinski definition) is 4. The number of nitrogens with one attached hydrogen (secondary N) is 2. The van der Waals surface area contributed by atoms with Crippen LogP contribution in [0.1, 0.15) is 0 Å². The average molecular weight is 373 g/mol. The van der Waals surface area contributed by atoms with E-state index in [9.17, 15) is 13.2 Å². The van der Waals surface area contributed by atoms with Crippen molar-refractivity contribution < 1.29 is 17.9 Å². The highest BCUT2D eigenvalue weighted by molar-refractivity contribution is 7.92. The Labute approximate surface area is 142 Å². The Morgan fingerprint density at radius 3 is 2.70 bits per heavy atom. The van der Waals surface area contributed by atoms with Crippen molar-refractivity contribution in [2.24, 2.45) is 0 Å². The summed E-state index contributed by atoms with van der Waals surface area (Å²) in [4.78, 5) is 11.3. The molecular formula is C14H10Cl2N2O4S. The molecule has 0 saturated heterocycles. The number of anilines is 2. The number of carbonyl (C=O) groups is 1. The summed E-state index contributed by atoms with van der Waals surface area (Å²) in [5.74, 6) is 0.0576. The van der Waals surface area contributed by atoms with E-state index in [4.69, 9.17) is 27.9 Å². The van der Waals surface area contributed by atoms with Crippen LogP contribution in [0.2, 0.25) is 10.0 Å². The van der Waals surface area contributed by atoms with Gasteiger partial charge in [0.2, 0.25) is 0 Å². The first kappa shape index (κ1) is 15.9. The van der Waals surface area contributed by atoms with Gasteiger partial charge < -0.3 is 10.1 Å². The first-order valence-corrected chi connectivity index (χ1v) is 8.64. The van der Waals surface area contributed by atoms with Crippen LogP contribution in [-0.2, 0) is 14.8 Å². The Morgan fingerprint density at radius 1 is 1.13 bits per heavy atom. The number of amides is 1. The minimum absolute atomic E-state index is 0.0434. The molecule has 1 aliphatic heterocycles. The molecule has 9 heteroatoms. The van der Waals surface area contributed by atoms with Gasteiger partial charge in [0.15, 0.2) is 6.61 Å². The molecule has 2 N–H and O–H groups in total. The molecule has 0 radical (unpaired) electrons. The SMILES string of the molecule is O=C1COc2ccc(S(=O)(=O)Nc3cc(Cl)ccc3Cl)cc2N1. The summed E-state index contributed by atoms with van der Waals surface area (Å²) in [6, 6.07) is 8.61. The molecule has 120 valence electrons. The van der Waals surface area contributed by atoms with Crippen LogP contribution >= 0.6 is 23.2 Å². The number of ether oxygens (including phenoxy) is 1. The van der Waals surface area contributed by atoms with Crippen LogP contribution in [-0.4, -0.2) is 20.9 Å².